The maximum Gasteiger partial charge on any atom is 0.184 e. The van der Waals surface area contributed by atoms with Gasteiger partial charge in [-0.1, -0.05) is 60.3 Å². The van der Waals surface area contributed by atoms with Crippen LogP contribution in [0.1, 0.15) is 11.9 Å². The molecule has 0 spiro atoms. The molecular formula is C19H21NO4S. The van der Waals surface area contributed by atoms with Gasteiger partial charge in [0.25, 0.3) is 0 Å². The molecule has 5 nitrogen and oxygen atoms in total. The number of benzene rings is 2. The molecule has 3 N–H and O–H groups in total. The zero-order valence-corrected chi connectivity index (χ0v) is 14.4. The SMILES string of the molecule is N[C@@H]1[C@@H](O)[C@@H]2OC(c3ccccc3)OC[C@H]2O[C@H]1Sc1ccccc1. The Morgan fingerprint density at radius 2 is 1.64 bits per heavy atom. The molecule has 2 aliphatic rings. The van der Waals surface area contributed by atoms with Crippen molar-refractivity contribution in [1.29, 1.82) is 0 Å². The molecule has 0 radical (unpaired) electrons. The molecule has 2 aromatic carbocycles. The fourth-order valence-electron chi connectivity index (χ4n) is 3.13. The minimum absolute atomic E-state index is 0.337. The van der Waals surface area contributed by atoms with Crippen molar-refractivity contribution in [2.75, 3.05) is 6.61 Å². The zero-order valence-electron chi connectivity index (χ0n) is 13.6. The van der Waals surface area contributed by atoms with Crippen LogP contribution in [-0.4, -0.2) is 41.5 Å². The standard InChI is InChI=1S/C19H21NO4S/c20-15-16(21)17-14(23-19(15)25-13-9-5-2-6-10-13)11-22-18(24-17)12-7-3-1-4-8-12/h1-10,14-19,21H,11,20H2/t14-,15-,16-,17-,18?,19+/m1/s1. The fraction of sp³-hybridized carbons (Fsp3) is 0.368. The van der Waals surface area contributed by atoms with E-state index < -0.39 is 24.5 Å². The Hall–Kier alpha value is -1.41. The Bertz CT molecular complexity index is 684. The van der Waals surface area contributed by atoms with E-state index in [2.05, 4.69) is 0 Å². The van der Waals surface area contributed by atoms with Gasteiger partial charge in [-0.3, -0.25) is 0 Å². The van der Waals surface area contributed by atoms with E-state index in [0.717, 1.165) is 10.5 Å². The van der Waals surface area contributed by atoms with Crippen LogP contribution in [0.3, 0.4) is 0 Å². The van der Waals surface area contributed by atoms with Crippen molar-refractivity contribution < 1.29 is 19.3 Å². The molecule has 132 valence electrons. The average Bonchev–Trinajstić information content (AvgIpc) is 2.67. The summed E-state index contributed by atoms with van der Waals surface area (Å²) >= 11 is 1.51. The predicted octanol–water partition coefficient (Wildman–Crippen LogP) is 2.31. The van der Waals surface area contributed by atoms with Crippen molar-refractivity contribution in [3.05, 3.63) is 66.2 Å². The molecule has 25 heavy (non-hydrogen) atoms. The van der Waals surface area contributed by atoms with Crippen LogP contribution in [0.4, 0.5) is 0 Å². The van der Waals surface area contributed by atoms with Gasteiger partial charge in [-0.25, -0.2) is 0 Å². The highest BCUT2D eigenvalue weighted by Gasteiger charge is 2.48. The fourth-order valence-corrected chi connectivity index (χ4v) is 4.23. The minimum Gasteiger partial charge on any atom is -0.389 e. The molecular weight excluding hydrogens is 338 g/mol. The van der Waals surface area contributed by atoms with Gasteiger partial charge in [0.1, 0.15) is 23.7 Å². The van der Waals surface area contributed by atoms with Gasteiger partial charge >= 0.3 is 0 Å². The molecule has 0 saturated carbocycles. The molecule has 2 fully saturated rings. The maximum absolute atomic E-state index is 10.7. The van der Waals surface area contributed by atoms with Gasteiger partial charge in [-0.05, 0) is 12.1 Å². The Morgan fingerprint density at radius 1 is 0.960 bits per heavy atom. The van der Waals surface area contributed by atoms with Gasteiger partial charge in [-0.15, -0.1) is 0 Å². The maximum atomic E-state index is 10.7. The summed E-state index contributed by atoms with van der Waals surface area (Å²) < 4.78 is 17.9. The Morgan fingerprint density at radius 3 is 2.36 bits per heavy atom. The first-order valence-corrected chi connectivity index (χ1v) is 9.23. The lowest BCUT2D eigenvalue weighted by atomic mass is 9.97. The van der Waals surface area contributed by atoms with Gasteiger partial charge in [0.05, 0.1) is 12.6 Å². The average molecular weight is 359 g/mol. The van der Waals surface area contributed by atoms with Crippen molar-refractivity contribution in [3.8, 4) is 0 Å². The van der Waals surface area contributed by atoms with E-state index in [1.54, 1.807) is 0 Å². The van der Waals surface area contributed by atoms with E-state index in [1.807, 2.05) is 60.7 Å². The van der Waals surface area contributed by atoms with Crippen LogP contribution in [0.5, 0.6) is 0 Å². The normalized spacial score (nSPS) is 35.1. The summed E-state index contributed by atoms with van der Waals surface area (Å²) in [5, 5.41) is 10.7. The molecule has 6 heteroatoms. The van der Waals surface area contributed by atoms with Crippen LogP contribution in [0.25, 0.3) is 0 Å². The Labute approximate surface area is 151 Å². The third kappa shape index (κ3) is 3.60. The second-order valence-electron chi connectivity index (χ2n) is 6.22. The summed E-state index contributed by atoms with van der Waals surface area (Å²) in [4.78, 5) is 1.05. The molecule has 6 atom stereocenters. The Balaban J connectivity index is 1.46. The topological polar surface area (TPSA) is 73.9 Å². The molecule has 2 heterocycles. The monoisotopic (exact) mass is 359 g/mol. The van der Waals surface area contributed by atoms with E-state index in [0.29, 0.717) is 6.61 Å². The second kappa shape index (κ2) is 7.45. The van der Waals surface area contributed by atoms with Crippen LogP contribution >= 0.6 is 11.8 Å². The summed E-state index contributed by atoms with van der Waals surface area (Å²) in [7, 11) is 0. The third-order valence-electron chi connectivity index (χ3n) is 4.48. The van der Waals surface area contributed by atoms with Gasteiger partial charge in [-0.2, -0.15) is 0 Å². The van der Waals surface area contributed by atoms with Crippen molar-refractivity contribution in [3.63, 3.8) is 0 Å². The lowest BCUT2D eigenvalue weighted by molar-refractivity contribution is -0.305. The third-order valence-corrected chi connectivity index (χ3v) is 5.68. The van der Waals surface area contributed by atoms with Crippen molar-refractivity contribution >= 4 is 11.8 Å². The minimum atomic E-state index is -0.810. The van der Waals surface area contributed by atoms with Crippen LogP contribution < -0.4 is 5.73 Å². The first kappa shape index (κ1) is 17.0. The van der Waals surface area contributed by atoms with Crippen LogP contribution in [0.2, 0.25) is 0 Å². The summed E-state index contributed by atoms with van der Waals surface area (Å²) in [6.45, 7) is 0.361. The lowest BCUT2D eigenvalue weighted by Crippen LogP contribution is -2.63. The molecule has 2 saturated heterocycles. The number of thioether (sulfide) groups is 1. The molecule has 2 aromatic rings. The zero-order chi connectivity index (χ0) is 17.2. The number of hydrogen-bond acceptors (Lipinski definition) is 6. The van der Waals surface area contributed by atoms with Crippen LogP contribution in [0.15, 0.2) is 65.6 Å². The highest BCUT2D eigenvalue weighted by Crippen LogP contribution is 2.38. The molecule has 4 rings (SSSR count). The van der Waals surface area contributed by atoms with Crippen LogP contribution in [-0.2, 0) is 14.2 Å². The smallest absolute Gasteiger partial charge is 0.184 e. The second-order valence-corrected chi connectivity index (χ2v) is 7.39. The van der Waals surface area contributed by atoms with E-state index in [1.165, 1.54) is 11.8 Å². The van der Waals surface area contributed by atoms with Crippen LogP contribution in [0, 0.1) is 0 Å². The molecule has 0 aliphatic carbocycles. The van der Waals surface area contributed by atoms with Gasteiger partial charge in [0, 0.05) is 10.5 Å². The summed E-state index contributed by atoms with van der Waals surface area (Å²) in [6, 6.07) is 19.0. The molecule has 1 unspecified atom stereocenters. The number of ether oxygens (including phenoxy) is 3. The van der Waals surface area contributed by atoms with Crippen molar-refractivity contribution in [2.45, 2.75) is 41.0 Å². The first-order valence-electron chi connectivity index (χ1n) is 8.35. The molecule has 0 amide bonds. The summed E-state index contributed by atoms with van der Waals surface area (Å²) in [5.41, 5.74) is 6.82. The number of aliphatic hydroxyl groups excluding tert-OH is 1. The number of nitrogens with two attached hydrogens (primary N) is 1. The van der Waals surface area contributed by atoms with Gasteiger partial charge in [0.2, 0.25) is 0 Å². The molecule has 0 bridgehead atoms. The number of rotatable bonds is 3. The Kier molecular flexibility index (Phi) is 5.08. The number of aliphatic hydroxyl groups is 1. The molecule has 0 aromatic heterocycles. The number of hydrogen-bond donors (Lipinski definition) is 2. The van der Waals surface area contributed by atoms with Crippen molar-refractivity contribution in [2.24, 2.45) is 5.73 Å². The van der Waals surface area contributed by atoms with E-state index in [9.17, 15) is 5.11 Å². The highest BCUT2D eigenvalue weighted by molar-refractivity contribution is 7.99. The predicted molar refractivity (Wildman–Crippen MR) is 95.0 cm³/mol. The van der Waals surface area contributed by atoms with Gasteiger partial charge < -0.3 is 25.1 Å². The lowest BCUT2D eigenvalue weighted by Gasteiger charge is -2.46. The van der Waals surface area contributed by atoms with E-state index >= 15 is 0 Å². The number of fused-ring (bicyclic) bond motifs is 1. The van der Waals surface area contributed by atoms with E-state index in [-0.39, 0.29) is 11.5 Å². The quantitative estimate of drug-likeness (QED) is 0.876. The van der Waals surface area contributed by atoms with Gasteiger partial charge in [0.15, 0.2) is 6.29 Å². The summed E-state index contributed by atoms with van der Waals surface area (Å²) in [6.07, 6.45) is -2.15. The molecule has 2 aliphatic heterocycles. The van der Waals surface area contributed by atoms with Crippen molar-refractivity contribution in [1.82, 2.24) is 0 Å². The first-order chi connectivity index (χ1) is 12.2. The van der Waals surface area contributed by atoms with E-state index in [4.69, 9.17) is 19.9 Å². The largest absolute Gasteiger partial charge is 0.389 e. The highest BCUT2D eigenvalue weighted by atomic mass is 32.2. The summed E-state index contributed by atoms with van der Waals surface area (Å²) in [5.74, 6) is 0.